The van der Waals surface area contributed by atoms with Crippen LogP contribution in [-0.4, -0.2) is 44.0 Å². The van der Waals surface area contributed by atoms with Crippen molar-refractivity contribution in [2.45, 2.75) is 25.9 Å². The molecule has 2 atom stereocenters. The van der Waals surface area contributed by atoms with Gasteiger partial charge < -0.3 is 24.8 Å². The standard InChI is InChI=1S/C29H28N6O4S/c1-18-15-22(19(2)34(18)24-16-21(35(37)38)12-13-25(24)39-3)28-27(23-11-7-8-14-30-23)32-29(40)33(28)17-26(36)31-20-9-5-4-6-10-20/h4-16,27-28H,17H2,1-3H3,(H,31,36)(H,32,40)/t27-,28+/m1/s1. The number of benzene rings is 2. The number of hydrogen-bond acceptors (Lipinski definition) is 6. The predicted octanol–water partition coefficient (Wildman–Crippen LogP) is 5.02. The fourth-order valence-electron chi connectivity index (χ4n) is 5.22. The van der Waals surface area contributed by atoms with E-state index in [1.165, 1.54) is 19.2 Å². The maximum atomic E-state index is 13.2. The van der Waals surface area contributed by atoms with Gasteiger partial charge in [0.05, 0.1) is 35.5 Å². The highest BCUT2D eigenvalue weighted by molar-refractivity contribution is 7.80. The number of rotatable bonds is 8. The molecule has 40 heavy (non-hydrogen) atoms. The van der Waals surface area contributed by atoms with Crippen molar-refractivity contribution >= 4 is 34.6 Å². The third-order valence-electron chi connectivity index (χ3n) is 6.97. The first-order valence-corrected chi connectivity index (χ1v) is 13.0. The van der Waals surface area contributed by atoms with Crippen molar-refractivity contribution in [2.24, 2.45) is 0 Å². The van der Waals surface area contributed by atoms with E-state index in [0.717, 1.165) is 22.6 Å². The van der Waals surface area contributed by atoms with Crippen LogP contribution >= 0.6 is 12.2 Å². The second-order valence-electron chi connectivity index (χ2n) is 9.44. The summed E-state index contributed by atoms with van der Waals surface area (Å²) >= 11 is 5.74. The Labute approximate surface area is 236 Å². The summed E-state index contributed by atoms with van der Waals surface area (Å²) in [6, 6.07) is 20.7. The van der Waals surface area contributed by atoms with Gasteiger partial charge in [-0.1, -0.05) is 24.3 Å². The first-order valence-electron chi connectivity index (χ1n) is 12.6. The molecular formula is C29H28N6O4S. The van der Waals surface area contributed by atoms with Crippen LogP contribution in [0.3, 0.4) is 0 Å². The number of para-hydroxylation sites is 1. The number of ether oxygens (including phenoxy) is 1. The van der Waals surface area contributed by atoms with Crippen LogP contribution in [0.5, 0.6) is 5.75 Å². The zero-order valence-electron chi connectivity index (χ0n) is 22.2. The third kappa shape index (κ3) is 5.10. The molecule has 1 aliphatic heterocycles. The number of nitro benzene ring substituents is 1. The van der Waals surface area contributed by atoms with Crippen LogP contribution < -0.4 is 15.4 Å². The van der Waals surface area contributed by atoms with Gasteiger partial charge in [-0.05, 0) is 68.0 Å². The van der Waals surface area contributed by atoms with E-state index in [4.69, 9.17) is 17.0 Å². The topological polar surface area (TPSA) is 115 Å². The number of amides is 1. The molecule has 3 heterocycles. The summed E-state index contributed by atoms with van der Waals surface area (Å²) in [6.45, 7) is 3.88. The van der Waals surface area contributed by atoms with Crippen LogP contribution in [0.15, 0.2) is 79.0 Å². The molecule has 2 aromatic carbocycles. The van der Waals surface area contributed by atoms with Gasteiger partial charge >= 0.3 is 0 Å². The molecular weight excluding hydrogens is 528 g/mol. The Morgan fingerprint density at radius 2 is 1.88 bits per heavy atom. The summed E-state index contributed by atoms with van der Waals surface area (Å²) < 4.78 is 7.50. The number of non-ortho nitro benzene ring substituents is 1. The molecule has 0 radical (unpaired) electrons. The third-order valence-corrected chi connectivity index (χ3v) is 7.32. The van der Waals surface area contributed by atoms with E-state index in [9.17, 15) is 14.9 Å². The molecule has 0 saturated carbocycles. The molecule has 1 saturated heterocycles. The Morgan fingerprint density at radius 3 is 2.55 bits per heavy atom. The highest BCUT2D eigenvalue weighted by Crippen LogP contribution is 2.42. The monoisotopic (exact) mass is 556 g/mol. The molecule has 2 N–H and O–H groups in total. The minimum Gasteiger partial charge on any atom is -0.495 e. The van der Waals surface area contributed by atoms with Crippen molar-refractivity contribution in [1.29, 1.82) is 0 Å². The lowest BCUT2D eigenvalue weighted by atomic mass is 9.96. The van der Waals surface area contributed by atoms with Crippen molar-refractivity contribution in [2.75, 3.05) is 19.0 Å². The zero-order chi connectivity index (χ0) is 28.4. The van der Waals surface area contributed by atoms with Crippen molar-refractivity contribution in [3.05, 3.63) is 112 Å². The molecule has 1 aliphatic rings. The molecule has 1 amide bonds. The first-order chi connectivity index (χ1) is 19.3. The number of hydrogen-bond donors (Lipinski definition) is 2. The van der Waals surface area contributed by atoms with Gasteiger partial charge in [0, 0.05) is 35.4 Å². The first kappa shape index (κ1) is 26.8. The maximum absolute atomic E-state index is 13.2. The SMILES string of the molecule is COc1ccc([N+](=O)[O-])cc1-n1c(C)cc([C@H]2[C@@H](c3ccccn3)NC(=S)N2CC(=O)Nc2ccccc2)c1C. The average molecular weight is 557 g/mol. The maximum Gasteiger partial charge on any atom is 0.271 e. The molecule has 2 aromatic heterocycles. The highest BCUT2D eigenvalue weighted by Gasteiger charge is 2.42. The molecule has 0 aliphatic carbocycles. The van der Waals surface area contributed by atoms with Crippen molar-refractivity contribution in [3.8, 4) is 11.4 Å². The van der Waals surface area contributed by atoms with Crippen LogP contribution in [0.2, 0.25) is 0 Å². The second-order valence-corrected chi connectivity index (χ2v) is 9.83. The molecule has 4 aromatic rings. The summed E-state index contributed by atoms with van der Waals surface area (Å²) in [7, 11) is 1.53. The summed E-state index contributed by atoms with van der Waals surface area (Å²) in [5.74, 6) is 0.288. The van der Waals surface area contributed by atoms with E-state index in [1.54, 1.807) is 12.3 Å². The number of nitro groups is 1. The summed E-state index contributed by atoms with van der Waals surface area (Å²) in [4.78, 5) is 30.7. The van der Waals surface area contributed by atoms with Crippen molar-refractivity contribution in [3.63, 3.8) is 0 Å². The molecule has 5 rings (SSSR count). The lowest BCUT2D eigenvalue weighted by Gasteiger charge is -2.27. The van der Waals surface area contributed by atoms with E-state index in [1.807, 2.05) is 77.9 Å². The van der Waals surface area contributed by atoms with Crippen LogP contribution in [0.4, 0.5) is 11.4 Å². The molecule has 10 nitrogen and oxygen atoms in total. The number of aromatic nitrogens is 2. The van der Waals surface area contributed by atoms with Crippen LogP contribution in [0.1, 0.15) is 34.7 Å². The van der Waals surface area contributed by atoms with Gasteiger partial charge in [-0.3, -0.25) is 19.9 Å². The Kier molecular flexibility index (Phi) is 7.47. The van der Waals surface area contributed by atoms with Crippen molar-refractivity contribution < 1.29 is 14.5 Å². The van der Waals surface area contributed by atoms with Crippen LogP contribution in [0, 0.1) is 24.0 Å². The van der Waals surface area contributed by atoms with Gasteiger partial charge in [0.2, 0.25) is 5.91 Å². The van der Waals surface area contributed by atoms with E-state index in [2.05, 4.69) is 15.6 Å². The quantitative estimate of drug-likeness (QED) is 0.177. The Hall–Kier alpha value is -4.77. The number of nitrogens with zero attached hydrogens (tertiary/aromatic N) is 4. The fourth-order valence-corrected chi connectivity index (χ4v) is 5.52. The van der Waals surface area contributed by atoms with E-state index in [0.29, 0.717) is 22.2 Å². The molecule has 0 unspecified atom stereocenters. The summed E-state index contributed by atoms with van der Waals surface area (Å²) in [6.07, 6.45) is 1.72. The summed E-state index contributed by atoms with van der Waals surface area (Å²) in [5, 5.41) is 18.3. The molecule has 0 spiro atoms. The fraction of sp³-hybridized carbons (Fsp3) is 0.207. The predicted molar refractivity (Wildman–Crippen MR) is 156 cm³/mol. The summed E-state index contributed by atoms with van der Waals surface area (Å²) in [5.41, 5.74) is 4.56. The average Bonchev–Trinajstić information content (AvgIpc) is 3.43. The lowest BCUT2D eigenvalue weighted by molar-refractivity contribution is -0.384. The van der Waals surface area contributed by atoms with Gasteiger partial charge in [0.1, 0.15) is 12.3 Å². The minimum atomic E-state index is -0.429. The van der Waals surface area contributed by atoms with E-state index >= 15 is 0 Å². The van der Waals surface area contributed by atoms with Gasteiger partial charge in [-0.15, -0.1) is 0 Å². The van der Waals surface area contributed by atoms with E-state index < -0.39 is 4.92 Å². The Bertz CT molecular complexity index is 1570. The largest absolute Gasteiger partial charge is 0.495 e. The van der Waals surface area contributed by atoms with Gasteiger partial charge in [-0.2, -0.15) is 0 Å². The highest BCUT2D eigenvalue weighted by atomic mass is 32.1. The minimum absolute atomic E-state index is 0.0124. The number of anilines is 1. The number of carbonyl (C=O) groups is 1. The molecule has 0 bridgehead atoms. The number of pyridine rings is 1. The second kappa shape index (κ2) is 11.1. The van der Waals surface area contributed by atoms with Crippen LogP contribution in [0.25, 0.3) is 5.69 Å². The molecule has 11 heteroatoms. The van der Waals surface area contributed by atoms with Crippen molar-refractivity contribution in [1.82, 2.24) is 19.8 Å². The number of methoxy groups -OCH3 is 1. The van der Waals surface area contributed by atoms with Gasteiger partial charge in [0.15, 0.2) is 5.11 Å². The van der Waals surface area contributed by atoms with Gasteiger partial charge in [0.25, 0.3) is 5.69 Å². The molecule has 1 fully saturated rings. The number of thiocarbonyl (C=S) groups is 1. The number of carbonyl (C=O) groups excluding carboxylic acids is 1. The molecule has 204 valence electrons. The van der Waals surface area contributed by atoms with Gasteiger partial charge in [-0.25, -0.2) is 0 Å². The Morgan fingerprint density at radius 1 is 1.12 bits per heavy atom. The zero-order valence-corrected chi connectivity index (χ0v) is 23.0. The number of aryl methyl sites for hydroxylation is 1. The lowest BCUT2D eigenvalue weighted by Crippen LogP contribution is -2.37. The number of nitrogens with one attached hydrogen (secondary N) is 2. The van der Waals surface area contributed by atoms with E-state index in [-0.39, 0.29) is 30.2 Å². The van der Waals surface area contributed by atoms with Crippen LogP contribution in [-0.2, 0) is 4.79 Å². The Balaban J connectivity index is 1.59. The normalized spacial score (nSPS) is 16.5. The smallest absolute Gasteiger partial charge is 0.271 e.